The van der Waals surface area contributed by atoms with Crippen molar-refractivity contribution >= 4 is 15.5 Å². The van der Waals surface area contributed by atoms with Crippen LogP contribution in [0.3, 0.4) is 0 Å². The number of sulfone groups is 1. The van der Waals surface area contributed by atoms with E-state index in [4.69, 9.17) is 9.47 Å². The Labute approximate surface area is 121 Å². The Morgan fingerprint density at radius 1 is 1.10 bits per heavy atom. The highest BCUT2D eigenvalue weighted by molar-refractivity contribution is 7.90. The topological polar surface area (TPSA) is 64.6 Å². The normalized spacial score (nSPS) is 11.8. The first kappa shape index (κ1) is 16.9. The summed E-state index contributed by atoms with van der Waals surface area (Å²) >= 11 is 0. The lowest BCUT2D eigenvalue weighted by Gasteiger charge is -2.17. The molecule has 5 nitrogen and oxygen atoms in total. The molecular weight excluding hydrogens is 278 g/mol. The zero-order chi connectivity index (χ0) is 15.0. The van der Waals surface area contributed by atoms with Crippen molar-refractivity contribution in [1.82, 2.24) is 0 Å². The van der Waals surface area contributed by atoms with Crippen LogP contribution in [0.1, 0.15) is 20.3 Å². The summed E-state index contributed by atoms with van der Waals surface area (Å²) in [5.74, 6) is 0. The monoisotopic (exact) mass is 301 g/mol. The summed E-state index contributed by atoms with van der Waals surface area (Å²) in [4.78, 5) is 0.324. The molecule has 0 radical (unpaired) electrons. The van der Waals surface area contributed by atoms with E-state index < -0.39 is 9.84 Å². The van der Waals surface area contributed by atoms with Crippen LogP contribution in [0.25, 0.3) is 0 Å². The van der Waals surface area contributed by atoms with Gasteiger partial charge in [-0.2, -0.15) is 0 Å². The fraction of sp³-hybridized carbons (Fsp3) is 0.571. The molecule has 1 rings (SSSR count). The predicted molar refractivity (Wildman–Crippen MR) is 79.7 cm³/mol. The minimum absolute atomic E-state index is 0.201. The van der Waals surface area contributed by atoms with E-state index in [1.165, 1.54) is 6.26 Å². The van der Waals surface area contributed by atoms with Gasteiger partial charge in [0.2, 0.25) is 0 Å². The van der Waals surface area contributed by atoms with E-state index in [9.17, 15) is 8.42 Å². The van der Waals surface area contributed by atoms with Gasteiger partial charge >= 0.3 is 0 Å². The van der Waals surface area contributed by atoms with Crippen molar-refractivity contribution < 1.29 is 17.9 Å². The summed E-state index contributed by atoms with van der Waals surface area (Å²) in [6.07, 6.45) is 1.73. The van der Waals surface area contributed by atoms with Crippen LogP contribution in [-0.2, 0) is 19.3 Å². The smallest absolute Gasteiger partial charge is 0.175 e. The van der Waals surface area contributed by atoms with Crippen LogP contribution >= 0.6 is 0 Å². The Hall–Kier alpha value is -1.11. The van der Waals surface area contributed by atoms with Gasteiger partial charge in [0.15, 0.2) is 16.1 Å². The van der Waals surface area contributed by atoms with Gasteiger partial charge in [0.1, 0.15) is 0 Å². The van der Waals surface area contributed by atoms with E-state index in [1.54, 1.807) is 24.3 Å². The van der Waals surface area contributed by atoms with Gasteiger partial charge in [0.05, 0.1) is 4.90 Å². The molecular formula is C14H23NO4S. The molecule has 20 heavy (non-hydrogen) atoms. The lowest BCUT2D eigenvalue weighted by Crippen LogP contribution is -2.21. The Morgan fingerprint density at radius 2 is 1.65 bits per heavy atom. The van der Waals surface area contributed by atoms with Crippen LogP contribution in [0, 0.1) is 0 Å². The van der Waals surface area contributed by atoms with Crippen molar-refractivity contribution in [3.63, 3.8) is 0 Å². The zero-order valence-electron chi connectivity index (χ0n) is 12.3. The minimum atomic E-state index is -3.14. The van der Waals surface area contributed by atoms with E-state index in [2.05, 4.69) is 5.32 Å². The molecule has 0 aliphatic heterocycles. The van der Waals surface area contributed by atoms with Gasteiger partial charge in [0, 0.05) is 38.1 Å². The van der Waals surface area contributed by atoms with Gasteiger partial charge in [-0.05, 0) is 38.1 Å². The number of hydrogen-bond donors (Lipinski definition) is 1. The van der Waals surface area contributed by atoms with E-state index in [-0.39, 0.29) is 6.29 Å². The molecule has 0 atom stereocenters. The average Bonchev–Trinajstić information content (AvgIpc) is 2.39. The summed E-state index contributed by atoms with van der Waals surface area (Å²) in [5.41, 5.74) is 0.879. The zero-order valence-corrected chi connectivity index (χ0v) is 13.1. The molecule has 6 heteroatoms. The fourth-order valence-corrected chi connectivity index (χ4v) is 2.37. The van der Waals surface area contributed by atoms with E-state index in [0.717, 1.165) is 12.1 Å². The molecule has 0 heterocycles. The standard InChI is InChI=1S/C14H23NO4S/c1-4-18-14(19-5-2)10-11-15-12-6-8-13(9-7-12)20(3,16)17/h6-9,14-15H,4-5,10-11H2,1-3H3. The van der Waals surface area contributed by atoms with Crippen molar-refractivity contribution in [2.24, 2.45) is 0 Å². The maximum absolute atomic E-state index is 11.3. The molecule has 0 saturated heterocycles. The van der Waals surface area contributed by atoms with Crippen LogP contribution in [0.2, 0.25) is 0 Å². The first-order valence-electron chi connectivity index (χ1n) is 6.74. The fourth-order valence-electron chi connectivity index (χ4n) is 1.74. The van der Waals surface area contributed by atoms with Crippen molar-refractivity contribution in [2.45, 2.75) is 31.5 Å². The first-order valence-corrected chi connectivity index (χ1v) is 8.63. The molecule has 1 N–H and O–H groups in total. The first-order chi connectivity index (χ1) is 9.47. The Morgan fingerprint density at radius 3 is 2.10 bits per heavy atom. The van der Waals surface area contributed by atoms with Crippen LogP contribution in [0.5, 0.6) is 0 Å². The lowest BCUT2D eigenvalue weighted by atomic mass is 10.3. The van der Waals surface area contributed by atoms with Crippen molar-refractivity contribution in [1.29, 1.82) is 0 Å². The molecule has 1 aromatic carbocycles. The molecule has 114 valence electrons. The van der Waals surface area contributed by atoms with Crippen LogP contribution < -0.4 is 5.32 Å². The molecule has 0 unspecified atom stereocenters. The van der Waals surface area contributed by atoms with Crippen molar-refractivity contribution in [3.8, 4) is 0 Å². The quantitative estimate of drug-likeness (QED) is 0.709. The van der Waals surface area contributed by atoms with Crippen LogP contribution in [0.4, 0.5) is 5.69 Å². The van der Waals surface area contributed by atoms with E-state index in [0.29, 0.717) is 24.7 Å². The van der Waals surface area contributed by atoms with Crippen molar-refractivity contribution in [2.75, 3.05) is 31.3 Å². The SMILES string of the molecule is CCOC(CCNc1ccc(S(C)(=O)=O)cc1)OCC. The summed E-state index contributed by atoms with van der Waals surface area (Å²) in [5, 5.41) is 3.22. The third-order valence-electron chi connectivity index (χ3n) is 2.70. The third-order valence-corrected chi connectivity index (χ3v) is 3.83. The highest BCUT2D eigenvalue weighted by Gasteiger charge is 2.08. The Bertz CT molecular complexity index is 478. The summed E-state index contributed by atoms with van der Waals surface area (Å²) in [7, 11) is -3.14. The van der Waals surface area contributed by atoms with E-state index >= 15 is 0 Å². The molecule has 0 aliphatic carbocycles. The molecule has 0 saturated carbocycles. The van der Waals surface area contributed by atoms with Gasteiger partial charge < -0.3 is 14.8 Å². The molecule has 0 aliphatic rings. The number of rotatable bonds is 9. The number of benzene rings is 1. The van der Waals surface area contributed by atoms with Crippen LogP contribution in [-0.4, -0.2) is 40.7 Å². The van der Waals surface area contributed by atoms with Crippen molar-refractivity contribution in [3.05, 3.63) is 24.3 Å². The number of nitrogens with one attached hydrogen (secondary N) is 1. The second-order valence-corrected chi connectivity index (χ2v) is 6.37. The number of hydrogen-bond acceptors (Lipinski definition) is 5. The molecule has 0 amide bonds. The Balaban J connectivity index is 2.45. The van der Waals surface area contributed by atoms with Crippen LogP contribution in [0.15, 0.2) is 29.2 Å². The minimum Gasteiger partial charge on any atom is -0.385 e. The van der Waals surface area contributed by atoms with E-state index in [1.807, 2.05) is 13.8 Å². The van der Waals surface area contributed by atoms with Gasteiger partial charge in [-0.25, -0.2) is 8.42 Å². The summed E-state index contributed by atoms with van der Waals surface area (Å²) in [6, 6.07) is 6.71. The maximum Gasteiger partial charge on any atom is 0.175 e. The Kier molecular flexibility index (Phi) is 6.98. The van der Waals surface area contributed by atoms with Gasteiger partial charge in [-0.1, -0.05) is 0 Å². The molecule has 0 fully saturated rings. The third kappa shape index (κ3) is 5.90. The number of ether oxygens (including phenoxy) is 2. The second-order valence-electron chi connectivity index (χ2n) is 4.35. The van der Waals surface area contributed by atoms with Gasteiger partial charge in [0.25, 0.3) is 0 Å². The lowest BCUT2D eigenvalue weighted by molar-refractivity contribution is -0.137. The highest BCUT2D eigenvalue weighted by atomic mass is 32.2. The number of anilines is 1. The van der Waals surface area contributed by atoms with Gasteiger partial charge in [-0.3, -0.25) is 0 Å². The summed E-state index contributed by atoms with van der Waals surface area (Å²) in [6.45, 7) is 5.80. The molecule has 0 bridgehead atoms. The summed E-state index contributed by atoms with van der Waals surface area (Å²) < 4.78 is 33.6. The molecule has 1 aromatic rings. The predicted octanol–water partition coefficient (Wildman–Crippen LogP) is 2.29. The highest BCUT2D eigenvalue weighted by Crippen LogP contribution is 2.14. The average molecular weight is 301 g/mol. The largest absolute Gasteiger partial charge is 0.385 e. The maximum atomic E-state index is 11.3. The molecule has 0 spiro atoms. The van der Waals surface area contributed by atoms with Gasteiger partial charge in [-0.15, -0.1) is 0 Å². The second kappa shape index (κ2) is 8.24. The molecule has 0 aromatic heterocycles.